The van der Waals surface area contributed by atoms with E-state index < -0.39 is 5.51 Å². The Kier molecular flexibility index (Phi) is 7.38. The summed E-state index contributed by atoms with van der Waals surface area (Å²) in [5.74, 6) is 1.19. The average molecular weight is 325 g/mol. The van der Waals surface area contributed by atoms with Gasteiger partial charge in [-0.05, 0) is 55.9 Å². The second-order valence-electron chi connectivity index (χ2n) is 7.28. The molecule has 126 valence electrons. The van der Waals surface area contributed by atoms with Crippen LogP contribution in [0, 0.1) is 17.3 Å². The summed E-state index contributed by atoms with van der Waals surface area (Å²) >= 11 is 0.134. The summed E-state index contributed by atoms with van der Waals surface area (Å²) in [4.78, 5) is 0. The summed E-state index contributed by atoms with van der Waals surface area (Å²) in [6, 6.07) is 0.400. The van der Waals surface area contributed by atoms with Gasteiger partial charge in [0.25, 0.3) is 0 Å². The lowest BCUT2D eigenvalue weighted by Gasteiger charge is -2.42. The molecule has 0 spiro atoms. The van der Waals surface area contributed by atoms with Crippen molar-refractivity contribution >= 4 is 11.8 Å². The molecule has 1 aliphatic rings. The molecule has 0 aliphatic heterocycles. The van der Waals surface area contributed by atoms with Crippen LogP contribution in [0.15, 0.2) is 0 Å². The second-order valence-corrected chi connectivity index (χ2v) is 8.44. The smallest absolute Gasteiger partial charge is 0.314 e. The van der Waals surface area contributed by atoms with Crippen molar-refractivity contribution < 1.29 is 13.2 Å². The van der Waals surface area contributed by atoms with Crippen molar-refractivity contribution in [1.29, 1.82) is 0 Å². The number of rotatable bonds is 6. The van der Waals surface area contributed by atoms with E-state index in [0.717, 1.165) is 25.8 Å². The van der Waals surface area contributed by atoms with Crippen LogP contribution in [-0.4, -0.2) is 23.8 Å². The Labute approximate surface area is 131 Å². The molecule has 0 aromatic heterocycles. The van der Waals surface area contributed by atoms with Gasteiger partial charge in [-0.3, -0.25) is 0 Å². The van der Waals surface area contributed by atoms with Gasteiger partial charge in [-0.15, -0.1) is 0 Å². The van der Waals surface area contributed by atoms with Crippen LogP contribution in [0.4, 0.5) is 13.2 Å². The molecule has 0 aromatic carbocycles. The van der Waals surface area contributed by atoms with Gasteiger partial charge >= 0.3 is 5.51 Å². The van der Waals surface area contributed by atoms with Crippen molar-refractivity contribution in [2.24, 2.45) is 17.3 Å². The summed E-state index contributed by atoms with van der Waals surface area (Å²) < 4.78 is 37.0. The summed E-state index contributed by atoms with van der Waals surface area (Å²) in [5.41, 5.74) is -3.84. The van der Waals surface area contributed by atoms with Crippen LogP contribution in [0.5, 0.6) is 0 Å². The number of hydrogen-bond donors (Lipinski definition) is 1. The van der Waals surface area contributed by atoms with Crippen LogP contribution >= 0.6 is 11.8 Å². The largest absolute Gasteiger partial charge is 0.441 e. The molecule has 1 fully saturated rings. The zero-order valence-corrected chi connectivity index (χ0v) is 14.5. The molecule has 3 unspecified atom stereocenters. The highest BCUT2D eigenvalue weighted by atomic mass is 32.2. The molecule has 21 heavy (non-hydrogen) atoms. The van der Waals surface area contributed by atoms with E-state index in [0.29, 0.717) is 24.3 Å². The van der Waals surface area contributed by atoms with E-state index in [-0.39, 0.29) is 22.9 Å². The molecule has 0 bridgehead atoms. The van der Waals surface area contributed by atoms with Gasteiger partial charge in [0.2, 0.25) is 0 Å². The molecule has 1 nitrogen and oxygen atoms in total. The number of hydrogen-bond acceptors (Lipinski definition) is 2. The normalized spacial score (nSPS) is 27.9. The Bertz CT molecular complexity index is 299. The van der Waals surface area contributed by atoms with Gasteiger partial charge in [-0.1, -0.05) is 39.5 Å². The fourth-order valence-electron chi connectivity index (χ4n) is 3.29. The summed E-state index contributed by atoms with van der Waals surface area (Å²) in [6.07, 6.45) is 5.09. The third-order valence-corrected chi connectivity index (χ3v) is 5.39. The van der Waals surface area contributed by atoms with Crippen LogP contribution in [0.25, 0.3) is 0 Å². The van der Waals surface area contributed by atoms with Crippen molar-refractivity contribution in [3.8, 4) is 0 Å². The Morgan fingerprint density at radius 2 is 1.81 bits per heavy atom. The third-order valence-electron chi connectivity index (χ3n) is 4.62. The maximum absolute atomic E-state index is 12.3. The quantitative estimate of drug-likeness (QED) is 0.696. The first-order valence-corrected chi connectivity index (χ1v) is 9.06. The van der Waals surface area contributed by atoms with E-state index in [9.17, 15) is 13.2 Å². The highest BCUT2D eigenvalue weighted by molar-refractivity contribution is 8.00. The van der Waals surface area contributed by atoms with E-state index >= 15 is 0 Å². The molecule has 1 rings (SSSR count). The highest BCUT2D eigenvalue weighted by Gasteiger charge is 2.36. The van der Waals surface area contributed by atoms with Gasteiger partial charge in [0, 0.05) is 11.8 Å². The summed E-state index contributed by atoms with van der Waals surface area (Å²) in [6.45, 7) is 9.84. The van der Waals surface area contributed by atoms with Gasteiger partial charge in [-0.2, -0.15) is 13.2 Å². The minimum atomic E-state index is -4.09. The van der Waals surface area contributed by atoms with Crippen LogP contribution in [0.2, 0.25) is 0 Å². The van der Waals surface area contributed by atoms with Crippen molar-refractivity contribution in [2.45, 2.75) is 71.3 Å². The van der Waals surface area contributed by atoms with Crippen molar-refractivity contribution in [1.82, 2.24) is 5.32 Å². The van der Waals surface area contributed by atoms with Gasteiger partial charge < -0.3 is 5.32 Å². The molecule has 0 amide bonds. The molecular weight excluding hydrogens is 295 g/mol. The van der Waals surface area contributed by atoms with Gasteiger partial charge in [0.05, 0.1) is 0 Å². The highest BCUT2D eigenvalue weighted by Crippen LogP contribution is 2.42. The van der Waals surface area contributed by atoms with Crippen molar-refractivity contribution in [2.75, 3.05) is 12.3 Å². The number of alkyl halides is 3. The lowest BCUT2D eigenvalue weighted by Crippen LogP contribution is -2.43. The summed E-state index contributed by atoms with van der Waals surface area (Å²) in [7, 11) is 0. The number of nitrogens with one attached hydrogen (secondary N) is 1. The zero-order chi connectivity index (χ0) is 16.1. The lowest BCUT2D eigenvalue weighted by atomic mass is 9.67. The standard InChI is InChI=1S/C16H30F3NS/c1-5-9-20-14-7-6-13(15(2,3)4)11-12(14)8-10-21-16(17,18)19/h12-14,20H,5-11H2,1-4H3. The van der Waals surface area contributed by atoms with Crippen LogP contribution < -0.4 is 5.32 Å². The molecule has 1 aliphatic carbocycles. The molecule has 1 N–H and O–H groups in total. The van der Waals surface area contributed by atoms with Gasteiger partial charge in [0.1, 0.15) is 0 Å². The van der Waals surface area contributed by atoms with E-state index in [1.54, 1.807) is 0 Å². The maximum Gasteiger partial charge on any atom is 0.441 e. The average Bonchev–Trinajstić information content (AvgIpc) is 2.34. The molecule has 1 saturated carbocycles. The van der Waals surface area contributed by atoms with Crippen LogP contribution in [0.1, 0.15) is 59.8 Å². The predicted molar refractivity (Wildman–Crippen MR) is 85.5 cm³/mol. The first-order valence-electron chi connectivity index (χ1n) is 8.07. The number of halogens is 3. The van der Waals surface area contributed by atoms with Gasteiger partial charge in [-0.25, -0.2) is 0 Å². The van der Waals surface area contributed by atoms with E-state index in [4.69, 9.17) is 0 Å². The third kappa shape index (κ3) is 7.27. The lowest BCUT2D eigenvalue weighted by molar-refractivity contribution is -0.0329. The Morgan fingerprint density at radius 1 is 1.14 bits per heavy atom. The van der Waals surface area contributed by atoms with Crippen LogP contribution in [-0.2, 0) is 0 Å². The first-order chi connectivity index (χ1) is 9.63. The van der Waals surface area contributed by atoms with Crippen LogP contribution in [0.3, 0.4) is 0 Å². The monoisotopic (exact) mass is 325 g/mol. The summed E-state index contributed by atoms with van der Waals surface area (Å²) in [5, 5.41) is 3.55. The van der Waals surface area contributed by atoms with Gasteiger partial charge in [0.15, 0.2) is 0 Å². The van der Waals surface area contributed by atoms with E-state index in [2.05, 4.69) is 33.0 Å². The first kappa shape index (κ1) is 19.1. The second kappa shape index (κ2) is 8.09. The fourth-order valence-corrected chi connectivity index (χ4v) is 3.95. The Balaban J connectivity index is 2.56. The molecule has 0 radical (unpaired) electrons. The van der Waals surface area contributed by atoms with E-state index in [1.165, 1.54) is 6.42 Å². The Hall–Kier alpha value is 0.100. The fraction of sp³-hybridized carbons (Fsp3) is 1.00. The minimum absolute atomic E-state index is 0.134. The Morgan fingerprint density at radius 3 is 2.33 bits per heavy atom. The van der Waals surface area contributed by atoms with Crippen molar-refractivity contribution in [3.63, 3.8) is 0 Å². The van der Waals surface area contributed by atoms with E-state index in [1.807, 2.05) is 0 Å². The zero-order valence-electron chi connectivity index (χ0n) is 13.7. The number of thioether (sulfide) groups is 1. The predicted octanol–water partition coefficient (Wildman–Crippen LogP) is 5.46. The minimum Gasteiger partial charge on any atom is -0.314 e. The van der Waals surface area contributed by atoms with Crippen molar-refractivity contribution in [3.05, 3.63) is 0 Å². The maximum atomic E-state index is 12.3. The molecule has 0 aromatic rings. The SMILES string of the molecule is CCCNC1CCC(C(C)(C)C)CC1CCSC(F)(F)F. The molecule has 3 atom stereocenters. The molecule has 5 heteroatoms. The molecule has 0 saturated heterocycles. The topological polar surface area (TPSA) is 12.0 Å². The molecule has 0 heterocycles. The molecular formula is C16H30F3NS.